The zero-order chi connectivity index (χ0) is 30.2. The number of nitrogens with one attached hydrogen (secondary N) is 2. The van der Waals surface area contributed by atoms with Crippen LogP contribution >= 0.6 is 0 Å². The van der Waals surface area contributed by atoms with Crippen LogP contribution in [0.2, 0.25) is 0 Å². The Kier molecular flexibility index (Phi) is 11.6. The van der Waals surface area contributed by atoms with Gasteiger partial charge in [-0.2, -0.15) is 0 Å². The molecule has 0 saturated carbocycles. The van der Waals surface area contributed by atoms with Crippen LogP contribution in [-0.2, 0) is 37.0 Å². The van der Waals surface area contributed by atoms with Gasteiger partial charge in [-0.15, -0.1) is 0 Å². The van der Waals surface area contributed by atoms with Gasteiger partial charge < -0.3 is 34.5 Å². The molecule has 226 valence electrons. The molecule has 0 bridgehead atoms. The summed E-state index contributed by atoms with van der Waals surface area (Å²) in [5, 5.41) is 17.3. The van der Waals surface area contributed by atoms with E-state index in [-0.39, 0.29) is 43.3 Å². The van der Waals surface area contributed by atoms with Gasteiger partial charge in [-0.1, -0.05) is 32.0 Å². The summed E-state index contributed by atoms with van der Waals surface area (Å²) in [5.41, 5.74) is 0.865. The normalized spacial score (nSPS) is 13.6. The van der Waals surface area contributed by atoms with Crippen LogP contribution in [0, 0.1) is 5.92 Å². The molecule has 11 nitrogen and oxygen atoms in total. The molecule has 0 aliphatic heterocycles. The molecule has 0 radical (unpaired) electrons. The molecule has 0 fully saturated rings. The first-order valence-corrected chi connectivity index (χ1v) is 14.3. The van der Waals surface area contributed by atoms with E-state index in [9.17, 15) is 14.7 Å². The highest BCUT2D eigenvalue weighted by Gasteiger charge is 2.28. The molecule has 11 heteroatoms. The fraction of sp³-hybridized carbons (Fsp3) is 0.600. The Balaban J connectivity index is 1.92. The Morgan fingerprint density at radius 1 is 1.05 bits per heavy atom. The summed E-state index contributed by atoms with van der Waals surface area (Å²) in [6, 6.07) is 6.79. The van der Waals surface area contributed by atoms with Gasteiger partial charge in [0.15, 0.2) is 5.82 Å². The standard InChI is InChI=1S/C30H45N5O6/c1-8-39-14-15-41-20(5)16-24(36)33-25(19(3)4)29(37)34-28-26-27(21-12-10-11-13-22(21)31-28)35(18-30(6,7)38)23(32-26)17-40-9-2/h10-13,19-20,25,38H,8-9,14-18H2,1-7H3,(H,33,36)(H,31,34,37)/t20?,25-/m0/s1. The van der Waals surface area contributed by atoms with Crippen molar-refractivity contribution in [2.75, 3.05) is 31.7 Å². The molecule has 1 unspecified atom stereocenters. The number of hydrogen-bond acceptors (Lipinski definition) is 8. The molecule has 0 aliphatic rings. The SMILES string of the molecule is CCOCCOC(C)CC(=O)N[C@H](C(=O)Nc1nc2ccccc2c2c1nc(COCC)n2CC(C)(C)O)C(C)C. The van der Waals surface area contributed by atoms with Gasteiger partial charge in [0.2, 0.25) is 11.8 Å². The van der Waals surface area contributed by atoms with Crippen molar-refractivity contribution in [2.24, 2.45) is 5.92 Å². The van der Waals surface area contributed by atoms with Crippen molar-refractivity contribution >= 4 is 39.6 Å². The molecule has 41 heavy (non-hydrogen) atoms. The van der Waals surface area contributed by atoms with E-state index in [2.05, 4.69) is 10.6 Å². The van der Waals surface area contributed by atoms with E-state index in [0.29, 0.717) is 43.3 Å². The quantitative estimate of drug-likeness (QED) is 0.221. The van der Waals surface area contributed by atoms with Gasteiger partial charge >= 0.3 is 0 Å². The summed E-state index contributed by atoms with van der Waals surface area (Å²) in [6.07, 6.45) is -0.208. The molecule has 2 amide bonds. The zero-order valence-electron chi connectivity index (χ0n) is 25.3. The largest absolute Gasteiger partial charge is 0.389 e. The summed E-state index contributed by atoms with van der Waals surface area (Å²) in [4.78, 5) is 35.9. The number of hydrogen-bond donors (Lipinski definition) is 3. The summed E-state index contributed by atoms with van der Waals surface area (Å²) in [6.45, 7) is 15.3. The van der Waals surface area contributed by atoms with Crippen LogP contribution in [0.25, 0.3) is 21.9 Å². The van der Waals surface area contributed by atoms with E-state index in [1.807, 2.05) is 63.5 Å². The van der Waals surface area contributed by atoms with Gasteiger partial charge in [-0.05, 0) is 46.6 Å². The van der Waals surface area contributed by atoms with Crippen LogP contribution < -0.4 is 10.6 Å². The van der Waals surface area contributed by atoms with Crippen LogP contribution in [0.5, 0.6) is 0 Å². The van der Waals surface area contributed by atoms with E-state index in [0.717, 1.165) is 10.9 Å². The number of nitrogens with zero attached hydrogens (tertiary/aromatic N) is 3. The monoisotopic (exact) mass is 571 g/mol. The molecular weight excluding hydrogens is 526 g/mol. The van der Waals surface area contributed by atoms with E-state index < -0.39 is 17.6 Å². The van der Waals surface area contributed by atoms with Gasteiger partial charge in [0.05, 0.1) is 48.9 Å². The number of pyridine rings is 1. The van der Waals surface area contributed by atoms with Crippen LogP contribution in [0.15, 0.2) is 24.3 Å². The third-order valence-corrected chi connectivity index (χ3v) is 6.46. The number of fused-ring (bicyclic) bond motifs is 3. The average molecular weight is 572 g/mol. The van der Waals surface area contributed by atoms with Crippen molar-refractivity contribution in [1.29, 1.82) is 0 Å². The predicted octanol–water partition coefficient (Wildman–Crippen LogP) is 3.80. The fourth-order valence-corrected chi connectivity index (χ4v) is 4.56. The van der Waals surface area contributed by atoms with Gasteiger partial charge in [0, 0.05) is 18.6 Å². The lowest BCUT2D eigenvalue weighted by molar-refractivity contribution is -0.129. The number of aliphatic hydroxyl groups is 1. The smallest absolute Gasteiger partial charge is 0.248 e. The second kappa shape index (κ2) is 14.7. The molecule has 0 spiro atoms. The number of amides is 2. The summed E-state index contributed by atoms with van der Waals surface area (Å²) in [7, 11) is 0. The lowest BCUT2D eigenvalue weighted by Gasteiger charge is -2.23. The molecule has 1 aromatic carbocycles. The van der Waals surface area contributed by atoms with Crippen molar-refractivity contribution < 1.29 is 28.9 Å². The lowest BCUT2D eigenvalue weighted by atomic mass is 10.0. The van der Waals surface area contributed by atoms with Crippen LogP contribution in [-0.4, -0.2) is 75.6 Å². The van der Waals surface area contributed by atoms with Gasteiger partial charge in [-0.3, -0.25) is 9.59 Å². The highest BCUT2D eigenvalue weighted by molar-refractivity contribution is 6.10. The number of carbonyl (C=O) groups excluding carboxylic acids is 2. The molecule has 3 aromatic rings. The third kappa shape index (κ3) is 8.93. The van der Waals surface area contributed by atoms with Crippen molar-refractivity contribution in [3.63, 3.8) is 0 Å². The molecule has 2 aromatic heterocycles. The first-order chi connectivity index (χ1) is 19.4. The molecule has 2 atom stereocenters. The average Bonchev–Trinajstić information content (AvgIpc) is 3.25. The topological polar surface area (TPSA) is 137 Å². The first-order valence-electron chi connectivity index (χ1n) is 14.3. The summed E-state index contributed by atoms with van der Waals surface area (Å²) < 4.78 is 18.5. The van der Waals surface area contributed by atoms with Gasteiger partial charge in [0.25, 0.3) is 0 Å². The molecular formula is C30H45N5O6. The Hall–Kier alpha value is -3.12. The molecule has 3 N–H and O–H groups in total. The minimum atomic E-state index is -1.03. The number of carbonyl (C=O) groups is 2. The first kappa shape index (κ1) is 32.4. The number of para-hydroxylation sites is 1. The Morgan fingerprint density at radius 3 is 2.41 bits per heavy atom. The minimum absolute atomic E-state index is 0.114. The van der Waals surface area contributed by atoms with E-state index in [1.165, 1.54) is 0 Å². The highest BCUT2D eigenvalue weighted by atomic mass is 16.5. The highest BCUT2D eigenvalue weighted by Crippen LogP contribution is 2.31. The second-order valence-corrected chi connectivity index (χ2v) is 11.1. The van der Waals surface area contributed by atoms with Gasteiger partial charge in [0.1, 0.15) is 24.0 Å². The maximum atomic E-state index is 13.6. The number of rotatable bonds is 16. The van der Waals surface area contributed by atoms with E-state index >= 15 is 0 Å². The van der Waals surface area contributed by atoms with Gasteiger partial charge in [-0.25, -0.2) is 9.97 Å². The van der Waals surface area contributed by atoms with Crippen molar-refractivity contribution in [3.05, 3.63) is 30.1 Å². The van der Waals surface area contributed by atoms with Crippen molar-refractivity contribution in [3.8, 4) is 0 Å². The molecule has 0 saturated heterocycles. The van der Waals surface area contributed by atoms with Crippen LogP contribution in [0.3, 0.4) is 0 Å². The summed E-state index contributed by atoms with van der Waals surface area (Å²) in [5.74, 6) is 0.0250. The Morgan fingerprint density at radius 2 is 1.76 bits per heavy atom. The predicted molar refractivity (Wildman–Crippen MR) is 159 cm³/mol. The fourth-order valence-electron chi connectivity index (χ4n) is 4.56. The maximum absolute atomic E-state index is 13.6. The number of aromatic nitrogens is 3. The minimum Gasteiger partial charge on any atom is -0.389 e. The summed E-state index contributed by atoms with van der Waals surface area (Å²) >= 11 is 0. The molecule has 0 aliphatic carbocycles. The van der Waals surface area contributed by atoms with Crippen LogP contribution in [0.4, 0.5) is 5.82 Å². The maximum Gasteiger partial charge on any atom is 0.248 e. The second-order valence-electron chi connectivity index (χ2n) is 11.1. The van der Waals surface area contributed by atoms with Crippen LogP contribution in [0.1, 0.15) is 60.7 Å². The number of benzene rings is 1. The molecule has 3 rings (SSSR count). The third-order valence-electron chi connectivity index (χ3n) is 6.46. The molecule has 2 heterocycles. The number of ether oxygens (including phenoxy) is 3. The van der Waals surface area contributed by atoms with E-state index in [4.69, 9.17) is 24.2 Å². The zero-order valence-corrected chi connectivity index (χ0v) is 25.3. The van der Waals surface area contributed by atoms with Crippen molar-refractivity contribution in [2.45, 2.75) is 85.8 Å². The van der Waals surface area contributed by atoms with Crippen molar-refractivity contribution in [1.82, 2.24) is 19.9 Å². The lowest BCUT2D eigenvalue weighted by Crippen LogP contribution is -2.47. The Bertz CT molecular complexity index is 1320. The number of imidazole rings is 1. The Labute approximate surface area is 242 Å². The van der Waals surface area contributed by atoms with E-state index in [1.54, 1.807) is 13.8 Å². The number of anilines is 1.